The summed E-state index contributed by atoms with van der Waals surface area (Å²) in [6.07, 6.45) is 0. The molecule has 0 amide bonds. The molecular weight excluding hydrogens is 448 g/mol. The van der Waals surface area contributed by atoms with Crippen LogP contribution in [0, 0.1) is 11.3 Å². The third-order valence-electron chi connectivity index (χ3n) is 5.95. The van der Waals surface area contributed by atoms with Crippen molar-refractivity contribution < 1.29 is 14.6 Å². The number of aromatic nitrogens is 1. The van der Waals surface area contributed by atoms with Crippen LogP contribution in [0.15, 0.2) is 78.9 Å². The van der Waals surface area contributed by atoms with Crippen molar-refractivity contribution in [3.05, 3.63) is 101 Å². The van der Waals surface area contributed by atoms with E-state index >= 15 is 0 Å². The number of phenols is 1. The van der Waals surface area contributed by atoms with Gasteiger partial charge in [0.25, 0.3) is 0 Å². The van der Waals surface area contributed by atoms with Crippen LogP contribution in [0.3, 0.4) is 0 Å². The van der Waals surface area contributed by atoms with Crippen molar-refractivity contribution in [1.82, 2.24) is 4.57 Å². The zero-order valence-corrected chi connectivity index (χ0v) is 19.0. The van der Waals surface area contributed by atoms with Gasteiger partial charge >= 0.3 is 5.97 Å². The summed E-state index contributed by atoms with van der Waals surface area (Å²) in [4.78, 5) is 12.6. The SMILES string of the molecule is COC(=O)c1cccc2c1c1c(O)cc(-c3ccc(Cl)cc3)cc1n2Cc1cccc(C#N)c1. The minimum absolute atomic E-state index is 0.0633. The molecule has 4 aromatic carbocycles. The lowest BCUT2D eigenvalue weighted by Gasteiger charge is -2.10. The highest BCUT2D eigenvalue weighted by Crippen LogP contribution is 2.41. The lowest BCUT2D eigenvalue weighted by atomic mass is 10.0. The minimum Gasteiger partial charge on any atom is -0.507 e. The van der Waals surface area contributed by atoms with Crippen LogP contribution in [0.25, 0.3) is 32.9 Å². The first-order valence-corrected chi connectivity index (χ1v) is 11.0. The minimum atomic E-state index is -0.475. The lowest BCUT2D eigenvalue weighted by Crippen LogP contribution is -2.03. The van der Waals surface area contributed by atoms with Crippen LogP contribution in [0.4, 0.5) is 0 Å². The van der Waals surface area contributed by atoms with E-state index in [2.05, 4.69) is 6.07 Å². The number of carbonyl (C=O) groups is 1. The molecule has 1 aromatic heterocycles. The van der Waals surface area contributed by atoms with E-state index in [0.717, 1.165) is 27.7 Å². The standard InChI is InChI=1S/C28H19ClN2O3/c1-34-28(33)22-6-3-7-23-26(22)27-24(31(23)16-18-5-2-4-17(12-18)15-30)13-20(14-25(27)32)19-8-10-21(29)11-9-19/h2-14,32H,16H2,1H3. The molecule has 0 unspecified atom stereocenters. The van der Waals surface area contributed by atoms with Crippen LogP contribution < -0.4 is 0 Å². The number of ether oxygens (including phenoxy) is 1. The Hall–Kier alpha value is -4.27. The quantitative estimate of drug-likeness (QED) is 0.306. The molecule has 166 valence electrons. The van der Waals surface area contributed by atoms with Gasteiger partial charge in [-0.1, -0.05) is 41.9 Å². The molecule has 0 spiro atoms. The fraction of sp³-hybridized carbons (Fsp3) is 0.0714. The van der Waals surface area contributed by atoms with E-state index in [-0.39, 0.29) is 5.75 Å². The number of halogens is 1. The molecule has 5 aromatic rings. The third kappa shape index (κ3) is 3.64. The Balaban J connectivity index is 1.83. The Bertz CT molecular complexity index is 1610. The first-order valence-electron chi connectivity index (χ1n) is 10.6. The van der Waals surface area contributed by atoms with Crippen molar-refractivity contribution in [2.45, 2.75) is 6.54 Å². The summed E-state index contributed by atoms with van der Waals surface area (Å²) >= 11 is 6.06. The number of fused-ring (bicyclic) bond motifs is 3. The average Bonchev–Trinajstić information content (AvgIpc) is 3.18. The van der Waals surface area contributed by atoms with Crippen LogP contribution in [0.1, 0.15) is 21.5 Å². The maximum atomic E-state index is 12.6. The Morgan fingerprint density at radius 3 is 2.47 bits per heavy atom. The summed E-state index contributed by atoms with van der Waals surface area (Å²) < 4.78 is 7.07. The van der Waals surface area contributed by atoms with E-state index in [1.54, 1.807) is 36.4 Å². The van der Waals surface area contributed by atoms with Crippen LogP contribution >= 0.6 is 11.6 Å². The lowest BCUT2D eigenvalue weighted by molar-refractivity contribution is 0.0603. The highest BCUT2D eigenvalue weighted by atomic mass is 35.5. The maximum Gasteiger partial charge on any atom is 0.338 e. The Morgan fingerprint density at radius 2 is 1.74 bits per heavy atom. The van der Waals surface area contributed by atoms with Gasteiger partial charge < -0.3 is 14.4 Å². The van der Waals surface area contributed by atoms with E-state index in [9.17, 15) is 15.2 Å². The van der Waals surface area contributed by atoms with Crippen molar-refractivity contribution in [1.29, 1.82) is 5.26 Å². The van der Waals surface area contributed by atoms with Gasteiger partial charge in [0.1, 0.15) is 5.75 Å². The predicted molar refractivity (Wildman–Crippen MR) is 133 cm³/mol. The van der Waals surface area contributed by atoms with E-state index in [0.29, 0.717) is 33.5 Å². The predicted octanol–water partition coefficient (Wildman–Crippen LogP) is 6.53. The van der Waals surface area contributed by atoms with Gasteiger partial charge in [0.15, 0.2) is 0 Å². The van der Waals surface area contributed by atoms with Crippen molar-refractivity contribution in [2.75, 3.05) is 7.11 Å². The van der Waals surface area contributed by atoms with Crippen molar-refractivity contribution in [3.8, 4) is 22.9 Å². The van der Waals surface area contributed by atoms with Crippen LogP contribution in [0.5, 0.6) is 5.75 Å². The molecule has 1 N–H and O–H groups in total. The Kier molecular flexibility index (Phi) is 5.45. The summed E-state index contributed by atoms with van der Waals surface area (Å²) in [6, 6.07) is 26.1. The molecule has 0 fully saturated rings. The second-order valence-corrected chi connectivity index (χ2v) is 8.42. The number of nitrogens with zero attached hydrogens (tertiary/aromatic N) is 2. The topological polar surface area (TPSA) is 75.2 Å². The molecule has 34 heavy (non-hydrogen) atoms. The fourth-order valence-corrected chi connectivity index (χ4v) is 4.55. The Morgan fingerprint density at radius 1 is 0.971 bits per heavy atom. The normalized spacial score (nSPS) is 11.0. The molecule has 0 saturated heterocycles. The number of esters is 1. The number of benzene rings is 4. The van der Waals surface area contributed by atoms with Gasteiger partial charge in [-0.15, -0.1) is 0 Å². The molecule has 0 aliphatic carbocycles. The summed E-state index contributed by atoms with van der Waals surface area (Å²) in [5, 5.41) is 22.3. The average molecular weight is 467 g/mol. The van der Waals surface area contributed by atoms with Crippen molar-refractivity contribution >= 4 is 39.4 Å². The molecule has 6 heteroatoms. The van der Waals surface area contributed by atoms with Crippen LogP contribution in [-0.2, 0) is 11.3 Å². The second kappa shape index (κ2) is 8.58. The third-order valence-corrected chi connectivity index (χ3v) is 6.20. The van der Waals surface area contributed by atoms with Gasteiger partial charge in [0, 0.05) is 17.0 Å². The van der Waals surface area contributed by atoms with Crippen LogP contribution in [-0.4, -0.2) is 22.8 Å². The molecule has 5 rings (SSSR count). The number of nitriles is 1. The maximum absolute atomic E-state index is 12.6. The number of carbonyl (C=O) groups excluding carboxylic acids is 1. The van der Waals surface area contributed by atoms with E-state index in [1.807, 2.05) is 47.0 Å². The van der Waals surface area contributed by atoms with Gasteiger partial charge in [0.2, 0.25) is 0 Å². The van der Waals surface area contributed by atoms with Gasteiger partial charge in [-0.25, -0.2) is 4.79 Å². The first kappa shape index (κ1) is 21.6. The second-order valence-electron chi connectivity index (χ2n) is 7.99. The first-order chi connectivity index (χ1) is 16.5. The summed E-state index contributed by atoms with van der Waals surface area (Å²) in [5.74, 6) is -0.411. The zero-order chi connectivity index (χ0) is 23.8. The smallest absolute Gasteiger partial charge is 0.338 e. The molecule has 0 atom stereocenters. The molecule has 0 aliphatic rings. The molecule has 0 bridgehead atoms. The zero-order valence-electron chi connectivity index (χ0n) is 18.2. The summed E-state index contributed by atoms with van der Waals surface area (Å²) in [5.41, 5.74) is 5.14. The molecular formula is C28H19ClN2O3. The molecule has 0 aliphatic heterocycles. The fourth-order valence-electron chi connectivity index (χ4n) is 4.42. The summed E-state index contributed by atoms with van der Waals surface area (Å²) in [7, 11) is 1.34. The number of hydrogen-bond donors (Lipinski definition) is 1. The number of phenolic OH excluding ortho intramolecular Hbond substituents is 1. The highest BCUT2D eigenvalue weighted by Gasteiger charge is 2.21. The molecule has 1 heterocycles. The van der Waals surface area contributed by atoms with E-state index in [1.165, 1.54) is 7.11 Å². The largest absolute Gasteiger partial charge is 0.507 e. The number of rotatable bonds is 4. The van der Waals surface area contributed by atoms with Gasteiger partial charge in [-0.05, 0) is 65.2 Å². The number of hydrogen-bond acceptors (Lipinski definition) is 4. The van der Waals surface area contributed by atoms with Gasteiger partial charge in [-0.2, -0.15) is 5.26 Å². The van der Waals surface area contributed by atoms with Crippen LogP contribution in [0.2, 0.25) is 5.02 Å². The Labute approximate surface area is 201 Å². The molecule has 0 radical (unpaired) electrons. The monoisotopic (exact) mass is 466 g/mol. The highest BCUT2D eigenvalue weighted by molar-refractivity contribution is 6.30. The van der Waals surface area contributed by atoms with Gasteiger partial charge in [0.05, 0.1) is 40.7 Å². The van der Waals surface area contributed by atoms with Gasteiger partial charge in [-0.3, -0.25) is 0 Å². The summed E-state index contributed by atoms with van der Waals surface area (Å²) in [6.45, 7) is 0.448. The molecule has 5 nitrogen and oxygen atoms in total. The van der Waals surface area contributed by atoms with E-state index in [4.69, 9.17) is 16.3 Å². The van der Waals surface area contributed by atoms with Crippen molar-refractivity contribution in [3.63, 3.8) is 0 Å². The van der Waals surface area contributed by atoms with Crippen molar-refractivity contribution in [2.24, 2.45) is 0 Å². The number of aromatic hydroxyl groups is 1. The van der Waals surface area contributed by atoms with E-state index < -0.39 is 5.97 Å². The number of methoxy groups -OCH3 is 1. The molecule has 0 saturated carbocycles.